The predicted molar refractivity (Wildman–Crippen MR) is 101 cm³/mol. The average molecular weight is 362 g/mol. The van der Waals surface area contributed by atoms with Crippen molar-refractivity contribution < 1.29 is 13.2 Å². The highest BCUT2D eigenvalue weighted by atomic mass is 32.2. The normalized spacial score (nSPS) is 22.9. The van der Waals surface area contributed by atoms with Gasteiger partial charge in [-0.25, -0.2) is 8.42 Å². The van der Waals surface area contributed by atoms with E-state index in [-0.39, 0.29) is 11.7 Å². The molecule has 1 aromatic carbocycles. The van der Waals surface area contributed by atoms with Gasteiger partial charge in [0, 0.05) is 17.5 Å². The maximum absolute atomic E-state index is 13.1. The molecule has 1 aromatic rings. The molecule has 0 bridgehead atoms. The number of benzene rings is 1. The first kappa shape index (κ1) is 18.2. The number of nitrogens with zero attached hydrogens (tertiary/aromatic N) is 1. The zero-order valence-corrected chi connectivity index (χ0v) is 15.9. The fourth-order valence-corrected chi connectivity index (χ4v) is 5.33. The summed E-state index contributed by atoms with van der Waals surface area (Å²) in [6.45, 7) is 4.00. The lowest BCUT2D eigenvalue weighted by Crippen LogP contribution is -2.42. The number of anilines is 1. The third-order valence-corrected chi connectivity index (χ3v) is 6.56. The van der Waals surface area contributed by atoms with Crippen molar-refractivity contribution in [1.29, 1.82) is 0 Å². The smallest absolute Gasteiger partial charge is 0.227 e. The van der Waals surface area contributed by atoms with E-state index in [1.54, 1.807) is 11.0 Å². The Hall–Kier alpha value is -1.62. The molecule has 0 aromatic heterocycles. The minimum Gasteiger partial charge on any atom is -0.304 e. The van der Waals surface area contributed by atoms with E-state index in [9.17, 15) is 13.2 Å². The Morgan fingerprint density at radius 2 is 1.72 bits per heavy atom. The van der Waals surface area contributed by atoms with Crippen molar-refractivity contribution in [2.24, 2.45) is 5.92 Å². The lowest BCUT2D eigenvalue weighted by molar-refractivity contribution is -0.120. The molecule has 136 valence electrons. The maximum Gasteiger partial charge on any atom is 0.227 e. The minimum atomic E-state index is -3.21. The summed E-state index contributed by atoms with van der Waals surface area (Å²) in [4.78, 5) is 14.8. The molecule has 4 nitrogen and oxygen atoms in total. The van der Waals surface area contributed by atoms with Gasteiger partial charge in [-0.1, -0.05) is 25.3 Å². The molecule has 0 radical (unpaired) electrons. The molecule has 5 heteroatoms. The number of carbonyl (C=O) groups is 1. The van der Waals surface area contributed by atoms with Crippen LogP contribution in [-0.2, 0) is 14.6 Å². The van der Waals surface area contributed by atoms with Gasteiger partial charge in [-0.3, -0.25) is 4.79 Å². The molecule has 1 saturated carbocycles. The summed E-state index contributed by atoms with van der Waals surface area (Å²) in [5.74, 6) is 0.455. The maximum atomic E-state index is 13.1. The van der Waals surface area contributed by atoms with Crippen LogP contribution in [0.3, 0.4) is 0 Å². The average Bonchev–Trinajstić information content (AvgIpc) is 2.87. The van der Waals surface area contributed by atoms with Gasteiger partial charge in [0.2, 0.25) is 5.91 Å². The molecule has 0 N–H and O–H groups in total. The number of hydrogen-bond donors (Lipinski definition) is 0. The summed E-state index contributed by atoms with van der Waals surface area (Å²) in [6, 6.07) is 5.62. The lowest BCUT2D eigenvalue weighted by atomic mass is 9.86. The predicted octanol–water partition coefficient (Wildman–Crippen LogP) is 3.92. The highest BCUT2D eigenvalue weighted by Crippen LogP contribution is 2.30. The van der Waals surface area contributed by atoms with Gasteiger partial charge in [-0.2, -0.15) is 0 Å². The Morgan fingerprint density at radius 3 is 2.28 bits per heavy atom. The van der Waals surface area contributed by atoms with Gasteiger partial charge < -0.3 is 4.90 Å². The van der Waals surface area contributed by atoms with Crippen molar-refractivity contribution in [2.45, 2.75) is 58.4 Å². The van der Waals surface area contributed by atoms with Gasteiger partial charge in [-0.05, 0) is 61.9 Å². The summed E-state index contributed by atoms with van der Waals surface area (Å²) < 4.78 is 23.8. The second kappa shape index (κ2) is 7.32. The third kappa shape index (κ3) is 4.51. The zero-order valence-electron chi connectivity index (χ0n) is 15.1. The second-order valence-electron chi connectivity index (χ2n) is 7.54. The van der Waals surface area contributed by atoms with E-state index >= 15 is 0 Å². The first-order valence-electron chi connectivity index (χ1n) is 9.15. The molecule has 1 amide bonds. The Bertz CT molecular complexity index is 756. The van der Waals surface area contributed by atoms with Crippen molar-refractivity contribution in [2.75, 3.05) is 10.7 Å². The van der Waals surface area contributed by atoms with Crippen molar-refractivity contribution in [3.05, 3.63) is 40.8 Å². The Kier molecular flexibility index (Phi) is 5.32. The van der Waals surface area contributed by atoms with Crippen LogP contribution in [0.4, 0.5) is 5.69 Å². The lowest BCUT2D eigenvalue weighted by Gasteiger charge is -2.31. The Morgan fingerprint density at radius 1 is 1.08 bits per heavy atom. The number of sulfone groups is 1. The molecule has 1 aliphatic heterocycles. The van der Waals surface area contributed by atoms with Gasteiger partial charge in [0.05, 0.1) is 11.8 Å². The second-order valence-corrected chi connectivity index (χ2v) is 9.47. The number of carbonyl (C=O) groups excluding carboxylic acids is 1. The van der Waals surface area contributed by atoms with Crippen LogP contribution < -0.4 is 4.90 Å². The molecular formula is C20H27NO3S. The van der Waals surface area contributed by atoms with Gasteiger partial charge in [0.15, 0.2) is 9.84 Å². The van der Waals surface area contributed by atoms with Crippen LogP contribution in [0.1, 0.15) is 49.7 Å². The van der Waals surface area contributed by atoms with Gasteiger partial charge in [0.25, 0.3) is 0 Å². The molecule has 1 atom stereocenters. The number of amides is 1. The van der Waals surface area contributed by atoms with Crippen LogP contribution >= 0.6 is 0 Å². The molecule has 1 unspecified atom stereocenters. The van der Waals surface area contributed by atoms with Crippen molar-refractivity contribution in [1.82, 2.24) is 0 Å². The Balaban J connectivity index is 1.88. The fraction of sp³-hybridized carbons (Fsp3) is 0.550. The van der Waals surface area contributed by atoms with Crippen molar-refractivity contribution >= 4 is 21.4 Å². The summed E-state index contributed by atoms with van der Waals surface area (Å²) in [5, 5.41) is 1.25. The minimum absolute atomic E-state index is 0.0175. The standard InChI is InChI=1S/C20H27NO3S/c1-15-10-16(2)12-19(11-15)21(18-8-9-25(23,24)14-18)20(22)13-17-6-4-3-5-7-17/h8-12,17-18H,3-7,13-14H2,1-2H3. The highest BCUT2D eigenvalue weighted by molar-refractivity contribution is 7.94. The summed E-state index contributed by atoms with van der Waals surface area (Å²) in [5.41, 5.74) is 2.97. The van der Waals surface area contributed by atoms with Crippen LogP contribution in [0.15, 0.2) is 29.7 Å². The Labute approximate surface area is 150 Å². The van der Waals surface area contributed by atoms with Gasteiger partial charge >= 0.3 is 0 Å². The first-order chi connectivity index (χ1) is 11.8. The first-order valence-corrected chi connectivity index (χ1v) is 10.9. The summed E-state index contributed by atoms with van der Waals surface area (Å²) in [6.07, 6.45) is 8.02. The molecule has 0 spiro atoms. The fourth-order valence-electron chi connectivity index (χ4n) is 4.07. The molecule has 1 heterocycles. The van der Waals surface area contributed by atoms with E-state index in [4.69, 9.17) is 0 Å². The van der Waals surface area contributed by atoms with Gasteiger partial charge in [0.1, 0.15) is 0 Å². The molecule has 1 fully saturated rings. The summed E-state index contributed by atoms with van der Waals surface area (Å²) in [7, 11) is -3.21. The number of rotatable bonds is 4. The quantitative estimate of drug-likeness (QED) is 0.817. The van der Waals surface area contributed by atoms with E-state index in [0.717, 1.165) is 29.7 Å². The topological polar surface area (TPSA) is 54.5 Å². The van der Waals surface area contributed by atoms with E-state index in [1.165, 1.54) is 24.7 Å². The van der Waals surface area contributed by atoms with Crippen LogP contribution in [0, 0.1) is 19.8 Å². The largest absolute Gasteiger partial charge is 0.304 e. The SMILES string of the molecule is Cc1cc(C)cc(N(C(=O)CC2CCCCC2)C2C=CS(=O)(=O)C2)c1. The molecule has 1 aliphatic carbocycles. The van der Waals surface area contributed by atoms with Crippen LogP contribution in [-0.4, -0.2) is 26.1 Å². The highest BCUT2D eigenvalue weighted by Gasteiger charge is 2.32. The molecule has 3 rings (SSSR count). The van der Waals surface area contributed by atoms with Crippen LogP contribution in [0.25, 0.3) is 0 Å². The zero-order chi connectivity index (χ0) is 18.0. The van der Waals surface area contributed by atoms with Crippen LogP contribution in [0.5, 0.6) is 0 Å². The van der Waals surface area contributed by atoms with Gasteiger partial charge in [-0.15, -0.1) is 0 Å². The third-order valence-electron chi connectivity index (χ3n) is 5.18. The van der Waals surface area contributed by atoms with E-state index < -0.39 is 15.9 Å². The number of hydrogen-bond acceptors (Lipinski definition) is 3. The van der Waals surface area contributed by atoms with Crippen molar-refractivity contribution in [3.8, 4) is 0 Å². The molecular weight excluding hydrogens is 334 g/mol. The number of aryl methyl sites for hydroxylation is 2. The molecule has 2 aliphatic rings. The monoisotopic (exact) mass is 361 g/mol. The van der Waals surface area contributed by atoms with Crippen LogP contribution in [0.2, 0.25) is 0 Å². The van der Waals surface area contributed by atoms with E-state index in [0.29, 0.717) is 12.3 Å². The summed E-state index contributed by atoms with van der Waals surface area (Å²) >= 11 is 0. The van der Waals surface area contributed by atoms with E-state index in [2.05, 4.69) is 6.07 Å². The van der Waals surface area contributed by atoms with Crippen molar-refractivity contribution in [3.63, 3.8) is 0 Å². The van der Waals surface area contributed by atoms with E-state index in [1.807, 2.05) is 26.0 Å². The molecule has 0 saturated heterocycles. The molecule has 25 heavy (non-hydrogen) atoms.